The van der Waals surface area contributed by atoms with Gasteiger partial charge in [-0.3, -0.25) is 14.9 Å². The van der Waals surface area contributed by atoms with Crippen LogP contribution >= 0.6 is 0 Å². The summed E-state index contributed by atoms with van der Waals surface area (Å²) < 4.78 is 7.16. The molecule has 2 unspecified atom stereocenters. The summed E-state index contributed by atoms with van der Waals surface area (Å²) in [4.78, 5) is 25.0. The molecule has 2 aromatic rings. The van der Waals surface area contributed by atoms with Crippen LogP contribution in [0.2, 0.25) is 0 Å². The molecule has 2 atom stereocenters. The number of carbonyl (C=O) groups is 2. The van der Waals surface area contributed by atoms with Crippen molar-refractivity contribution in [2.45, 2.75) is 64.7 Å². The Bertz CT molecular complexity index is 933. The number of aromatic nitrogens is 2. The third-order valence-corrected chi connectivity index (χ3v) is 5.74. The number of carbonyl (C=O) groups excluding carboxylic acids is 2. The van der Waals surface area contributed by atoms with Crippen molar-refractivity contribution in [3.05, 3.63) is 41.6 Å². The number of rotatable bonds is 8. The van der Waals surface area contributed by atoms with Gasteiger partial charge in [-0.15, -0.1) is 0 Å². The third-order valence-electron chi connectivity index (χ3n) is 5.74. The Morgan fingerprint density at radius 3 is 2.68 bits per heavy atom. The number of amides is 2. The van der Waals surface area contributed by atoms with E-state index in [9.17, 15) is 9.59 Å². The maximum atomic E-state index is 12.8. The minimum Gasteiger partial charge on any atom is -0.494 e. The first kappa shape index (κ1) is 21.4. The van der Waals surface area contributed by atoms with Crippen molar-refractivity contribution in [1.29, 1.82) is 0 Å². The van der Waals surface area contributed by atoms with Gasteiger partial charge in [0.25, 0.3) is 0 Å². The first-order chi connectivity index (χ1) is 14.9. The molecular weight excluding hydrogens is 394 g/mol. The van der Waals surface area contributed by atoms with Crippen molar-refractivity contribution in [3.63, 3.8) is 0 Å². The summed E-state index contributed by atoms with van der Waals surface area (Å²) >= 11 is 0. The maximum Gasteiger partial charge on any atom is 0.229 e. The van der Waals surface area contributed by atoms with Crippen LogP contribution in [-0.4, -0.2) is 34.2 Å². The highest BCUT2D eigenvalue weighted by atomic mass is 16.5. The summed E-state index contributed by atoms with van der Waals surface area (Å²) in [6.07, 6.45) is 2.41. The fourth-order valence-electron chi connectivity index (χ4n) is 3.80. The summed E-state index contributed by atoms with van der Waals surface area (Å²) in [6, 6.07) is 9.52. The molecule has 31 heavy (non-hydrogen) atoms. The van der Waals surface area contributed by atoms with Gasteiger partial charge in [0.2, 0.25) is 11.8 Å². The minimum atomic E-state index is -0.484. The summed E-state index contributed by atoms with van der Waals surface area (Å²) in [6.45, 7) is 6.72. The highest BCUT2D eigenvalue weighted by Crippen LogP contribution is 2.40. The van der Waals surface area contributed by atoms with Gasteiger partial charge >= 0.3 is 0 Å². The Kier molecular flexibility index (Phi) is 6.27. The van der Waals surface area contributed by atoms with E-state index in [1.165, 1.54) is 0 Å². The van der Waals surface area contributed by atoms with E-state index in [0.717, 1.165) is 29.8 Å². The van der Waals surface area contributed by atoms with Crippen LogP contribution in [0.5, 0.6) is 5.75 Å². The Morgan fingerprint density at radius 1 is 1.29 bits per heavy atom. The van der Waals surface area contributed by atoms with Gasteiger partial charge in [0, 0.05) is 24.4 Å². The van der Waals surface area contributed by atoms with Crippen molar-refractivity contribution in [3.8, 4) is 5.75 Å². The zero-order valence-corrected chi connectivity index (χ0v) is 18.4. The van der Waals surface area contributed by atoms with Gasteiger partial charge in [-0.25, -0.2) is 4.68 Å². The second-order valence-corrected chi connectivity index (χ2v) is 8.67. The van der Waals surface area contributed by atoms with Crippen LogP contribution in [0.15, 0.2) is 30.3 Å². The largest absolute Gasteiger partial charge is 0.494 e. The topological polar surface area (TPSA) is 97.3 Å². The van der Waals surface area contributed by atoms with Crippen LogP contribution in [0.25, 0.3) is 0 Å². The summed E-state index contributed by atoms with van der Waals surface area (Å²) in [5, 5.41) is 14.1. The molecular formula is C23H31N5O3. The van der Waals surface area contributed by atoms with Gasteiger partial charge < -0.3 is 15.4 Å². The van der Waals surface area contributed by atoms with E-state index >= 15 is 0 Å². The second kappa shape index (κ2) is 9.09. The molecule has 1 aromatic carbocycles. The Hall–Kier alpha value is -2.87. The van der Waals surface area contributed by atoms with Gasteiger partial charge in [0.1, 0.15) is 11.6 Å². The minimum absolute atomic E-state index is 0.0161. The number of benzene rings is 1. The van der Waals surface area contributed by atoms with Gasteiger partial charge in [-0.1, -0.05) is 26.0 Å². The zero-order valence-electron chi connectivity index (χ0n) is 18.4. The first-order valence-corrected chi connectivity index (χ1v) is 11.1. The first-order valence-electron chi connectivity index (χ1n) is 11.1. The number of hydrogen-bond donors (Lipinski definition) is 3. The highest BCUT2D eigenvalue weighted by molar-refractivity contribution is 5.91. The van der Waals surface area contributed by atoms with E-state index in [1.807, 2.05) is 37.3 Å². The fourth-order valence-corrected chi connectivity index (χ4v) is 3.80. The molecule has 1 saturated heterocycles. The molecule has 1 aromatic heterocycles. The predicted molar refractivity (Wildman–Crippen MR) is 118 cm³/mol. The van der Waals surface area contributed by atoms with Crippen LogP contribution in [0, 0.1) is 5.92 Å². The lowest BCUT2D eigenvalue weighted by atomic mass is 9.99. The number of ether oxygens (including phenoxy) is 1. The van der Waals surface area contributed by atoms with Crippen LogP contribution in [0.3, 0.4) is 0 Å². The smallest absolute Gasteiger partial charge is 0.229 e. The average Bonchev–Trinajstić information content (AvgIpc) is 3.50. The molecule has 1 aliphatic heterocycles. The van der Waals surface area contributed by atoms with E-state index in [1.54, 1.807) is 4.68 Å². The third kappa shape index (κ3) is 5.25. The molecule has 2 amide bonds. The lowest BCUT2D eigenvalue weighted by Gasteiger charge is -2.34. The molecule has 0 bridgehead atoms. The van der Waals surface area contributed by atoms with E-state index in [2.05, 4.69) is 29.8 Å². The molecule has 2 heterocycles. The van der Waals surface area contributed by atoms with Gasteiger partial charge in [-0.05, 0) is 43.4 Å². The SMILES string of the molecule is CCOc1ccc(CC(=O)Nc2cc(C3CC3)nn2C2NC(=O)CC(C(C)C)N2)cc1. The lowest BCUT2D eigenvalue weighted by Crippen LogP contribution is -2.55. The summed E-state index contributed by atoms with van der Waals surface area (Å²) in [5.74, 6) is 1.98. The number of anilines is 1. The quantitative estimate of drug-likeness (QED) is 0.604. The van der Waals surface area contributed by atoms with Crippen molar-refractivity contribution < 1.29 is 14.3 Å². The van der Waals surface area contributed by atoms with Crippen molar-refractivity contribution in [2.24, 2.45) is 5.92 Å². The summed E-state index contributed by atoms with van der Waals surface area (Å²) in [7, 11) is 0. The molecule has 166 valence electrons. The Morgan fingerprint density at radius 2 is 2.03 bits per heavy atom. The predicted octanol–water partition coefficient (Wildman–Crippen LogP) is 2.93. The van der Waals surface area contributed by atoms with Crippen molar-refractivity contribution in [2.75, 3.05) is 11.9 Å². The average molecular weight is 426 g/mol. The number of nitrogens with zero attached hydrogens (tertiary/aromatic N) is 2. The normalized spacial score (nSPS) is 21.1. The molecule has 3 N–H and O–H groups in total. The van der Waals surface area contributed by atoms with Crippen LogP contribution in [-0.2, 0) is 16.0 Å². The van der Waals surface area contributed by atoms with Crippen molar-refractivity contribution >= 4 is 17.6 Å². The standard InChI is InChI=1S/C23H31N5O3/c1-4-31-17-9-5-15(6-10-17)11-21(29)25-20-12-19(16-7-8-16)27-28(20)23-24-18(14(2)3)13-22(30)26-23/h5-6,9-10,12,14,16,18,23-24H,4,7-8,11,13H2,1-3H3,(H,25,29)(H,26,30). The molecule has 2 aliphatic rings. The number of hydrogen-bond acceptors (Lipinski definition) is 5. The molecule has 8 heteroatoms. The molecule has 8 nitrogen and oxygen atoms in total. The molecule has 0 spiro atoms. The fraction of sp³-hybridized carbons (Fsp3) is 0.522. The number of nitrogens with one attached hydrogen (secondary N) is 3. The van der Waals surface area contributed by atoms with E-state index in [4.69, 9.17) is 9.84 Å². The Balaban J connectivity index is 1.49. The monoisotopic (exact) mass is 425 g/mol. The van der Waals surface area contributed by atoms with Crippen LogP contribution in [0.1, 0.15) is 63.5 Å². The molecule has 0 radical (unpaired) electrons. The van der Waals surface area contributed by atoms with E-state index in [-0.39, 0.29) is 24.3 Å². The Labute approximate surface area is 182 Å². The lowest BCUT2D eigenvalue weighted by molar-refractivity contribution is -0.126. The second-order valence-electron chi connectivity index (χ2n) is 8.67. The van der Waals surface area contributed by atoms with Gasteiger partial charge in [0.15, 0.2) is 6.29 Å². The van der Waals surface area contributed by atoms with E-state index < -0.39 is 6.29 Å². The van der Waals surface area contributed by atoms with E-state index in [0.29, 0.717) is 30.7 Å². The van der Waals surface area contributed by atoms with Crippen LogP contribution < -0.4 is 20.7 Å². The molecule has 2 fully saturated rings. The van der Waals surface area contributed by atoms with Crippen LogP contribution in [0.4, 0.5) is 5.82 Å². The van der Waals surface area contributed by atoms with Gasteiger partial charge in [-0.2, -0.15) is 5.10 Å². The van der Waals surface area contributed by atoms with Crippen molar-refractivity contribution in [1.82, 2.24) is 20.4 Å². The summed E-state index contributed by atoms with van der Waals surface area (Å²) in [5.41, 5.74) is 1.86. The highest BCUT2D eigenvalue weighted by Gasteiger charge is 2.33. The molecule has 4 rings (SSSR count). The zero-order chi connectivity index (χ0) is 22.0. The molecule has 1 saturated carbocycles. The maximum absolute atomic E-state index is 12.8. The molecule has 1 aliphatic carbocycles. The van der Waals surface area contributed by atoms with Gasteiger partial charge in [0.05, 0.1) is 18.7 Å².